The molecule has 0 aliphatic rings. The average molecular weight is 321 g/mol. The number of hydrogen-bond acceptors (Lipinski definition) is 1. The zero-order valence-corrected chi connectivity index (χ0v) is 15.4. The third-order valence-electron chi connectivity index (χ3n) is 5.62. The molecule has 2 aromatic carbocycles. The fraction of sp³-hybridized carbons (Fsp3) is 0.409. The van der Waals surface area contributed by atoms with Gasteiger partial charge < -0.3 is 4.57 Å². The zero-order chi connectivity index (χ0) is 17.4. The van der Waals surface area contributed by atoms with E-state index in [2.05, 4.69) is 69.6 Å². The number of fused-ring (bicyclic) bond motifs is 2. The van der Waals surface area contributed by atoms with Crippen molar-refractivity contribution in [2.45, 2.75) is 52.4 Å². The van der Waals surface area contributed by atoms with E-state index in [4.69, 9.17) is 0 Å². The minimum atomic E-state index is 0.152. The van der Waals surface area contributed by atoms with E-state index in [9.17, 15) is 4.79 Å². The SMILES string of the molecule is CCC(C)c1ccc2c(c1)c(=O)c1ccc(C(C)CC)cc1n2C. The summed E-state index contributed by atoms with van der Waals surface area (Å²) >= 11 is 0. The smallest absolute Gasteiger partial charge is 0.197 e. The van der Waals surface area contributed by atoms with Crippen LogP contribution in [0, 0.1) is 0 Å². The quantitative estimate of drug-likeness (QED) is 0.563. The van der Waals surface area contributed by atoms with Gasteiger partial charge in [0.2, 0.25) is 0 Å². The van der Waals surface area contributed by atoms with Gasteiger partial charge in [0.25, 0.3) is 0 Å². The molecule has 0 bridgehead atoms. The van der Waals surface area contributed by atoms with Crippen molar-refractivity contribution in [3.63, 3.8) is 0 Å². The largest absolute Gasteiger partial charge is 0.343 e. The molecule has 0 spiro atoms. The second-order valence-electron chi connectivity index (χ2n) is 7.06. The van der Waals surface area contributed by atoms with E-state index in [1.54, 1.807) is 0 Å². The zero-order valence-electron chi connectivity index (χ0n) is 15.4. The number of nitrogens with zero attached hydrogens (tertiary/aromatic N) is 1. The highest BCUT2D eigenvalue weighted by molar-refractivity contribution is 5.94. The van der Waals surface area contributed by atoms with Gasteiger partial charge in [0, 0.05) is 17.8 Å². The molecule has 2 nitrogen and oxygen atoms in total. The molecule has 2 heteroatoms. The molecule has 0 N–H and O–H groups in total. The molecule has 0 fully saturated rings. The monoisotopic (exact) mass is 321 g/mol. The molecule has 2 unspecified atom stereocenters. The van der Waals surface area contributed by atoms with Gasteiger partial charge in [-0.2, -0.15) is 0 Å². The highest BCUT2D eigenvalue weighted by Crippen LogP contribution is 2.27. The number of hydrogen-bond donors (Lipinski definition) is 0. The van der Waals surface area contributed by atoms with Crippen molar-refractivity contribution in [2.24, 2.45) is 7.05 Å². The first-order chi connectivity index (χ1) is 11.5. The summed E-state index contributed by atoms with van der Waals surface area (Å²) in [6.07, 6.45) is 2.18. The van der Waals surface area contributed by atoms with Crippen LogP contribution in [0.2, 0.25) is 0 Å². The van der Waals surface area contributed by atoms with E-state index in [1.807, 2.05) is 6.07 Å². The summed E-state index contributed by atoms with van der Waals surface area (Å²) in [5.41, 5.74) is 4.75. The highest BCUT2D eigenvalue weighted by atomic mass is 16.1. The van der Waals surface area contributed by atoms with Crippen LogP contribution in [-0.4, -0.2) is 4.57 Å². The Balaban J connectivity index is 2.33. The van der Waals surface area contributed by atoms with Gasteiger partial charge >= 0.3 is 0 Å². The number of aryl methyl sites for hydroxylation is 1. The second-order valence-corrected chi connectivity index (χ2v) is 7.06. The minimum Gasteiger partial charge on any atom is -0.343 e. The van der Waals surface area contributed by atoms with Gasteiger partial charge in [-0.05, 0) is 60.1 Å². The van der Waals surface area contributed by atoms with Crippen molar-refractivity contribution in [1.82, 2.24) is 4.57 Å². The summed E-state index contributed by atoms with van der Waals surface area (Å²) < 4.78 is 2.17. The molecule has 2 atom stereocenters. The summed E-state index contributed by atoms with van der Waals surface area (Å²) in [5, 5.41) is 1.65. The summed E-state index contributed by atoms with van der Waals surface area (Å²) in [5.74, 6) is 0.982. The van der Waals surface area contributed by atoms with Crippen molar-refractivity contribution >= 4 is 21.8 Å². The molecule has 3 rings (SSSR count). The molecule has 1 heterocycles. The van der Waals surface area contributed by atoms with Crippen LogP contribution < -0.4 is 5.43 Å². The molecule has 24 heavy (non-hydrogen) atoms. The van der Waals surface area contributed by atoms with Crippen LogP contribution in [-0.2, 0) is 7.05 Å². The molecule has 1 aromatic heterocycles. The van der Waals surface area contributed by atoms with Crippen LogP contribution in [0.15, 0.2) is 41.2 Å². The Labute approximate surface area is 144 Å². The normalized spacial score (nSPS) is 14.2. The summed E-state index contributed by atoms with van der Waals surface area (Å²) in [7, 11) is 2.06. The molecule has 126 valence electrons. The van der Waals surface area contributed by atoms with Gasteiger partial charge in [-0.1, -0.05) is 39.8 Å². The fourth-order valence-corrected chi connectivity index (χ4v) is 3.41. The predicted octanol–water partition coefficient (Wildman–Crippen LogP) is 5.72. The van der Waals surface area contributed by atoms with Crippen LogP contribution >= 0.6 is 0 Å². The van der Waals surface area contributed by atoms with Crippen molar-refractivity contribution in [1.29, 1.82) is 0 Å². The van der Waals surface area contributed by atoms with Gasteiger partial charge in [-0.3, -0.25) is 4.79 Å². The Hall–Kier alpha value is -2.09. The van der Waals surface area contributed by atoms with Gasteiger partial charge in [0.1, 0.15) is 0 Å². The second kappa shape index (κ2) is 6.43. The first-order valence-corrected chi connectivity index (χ1v) is 9.04. The molecule has 0 radical (unpaired) electrons. The Bertz CT molecular complexity index is 951. The van der Waals surface area contributed by atoms with Gasteiger partial charge in [0.05, 0.1) is 11.0 Å². The lowest BCUT2D eigenvalue weighted by Gasteiger charge is -2.16. The highest BCUT2D eigenvalue weighted by Gasteiger charge is 2.13. The molecule has 0 saturated carbocycles. The van der Waals surface area contributed by atoms with E-state index in [0.717, 1.165) is 34.6 Å². The lowest BCUT2D eigenvalue weighted by molar-refractivity contribution is 0.733. The number of benzene rings is 2. The van der Waals surface area contributed by atoms with Gasteiger partial charge in [0.15, 0.2) is 5.43 Å². The standard InChI is InChI=1S/C22H27NO/c1-6-14(3)16-9-11-20-19(12-16)22(24)18-10-8-17(15(4)7-2)13-21(18)23(20)5/h8-15H,6-7H2,1-5H3. The maximum atomic E-state index is 13.0. The first-order valence-electron chi connectivity index (χ1n) is 9.04. The molecule has 0 amide bonds. The predicted molar refractivity (Wildman–Crippen MR) is 104 cm³/mol. The van der Waals surface area contributed by atoms with Crippen LogP contribution in [0.3, 0.4) is 0 Å². The molecule has 0 aliphatic carbocycles. The molecule has 3 aromatic rings. The van der Waals surface area contributed by atoms with Crippen LogP contribution in [0.5, 0.6) is 0 Å². The minimum absolute atomic E-state index is 0.152. The van der Waals surface area contributed by atoms with Crippen molar-refractivity contribution in [3.8, 4) is 0 Å². The summed E-state index contributed by atoms with van der Waals surface area (Å²) in [6, 6.07) is 12.7. The van der Waals surface area contributed by atoms with Crippen LogP contribution in [0.25, 0.3) is 21.8 Å². The Morgan fingerprint density at radius 3 is 2.04 bits per heavy atom. The van der Waals surface area contributed by atoms with Crippen molar-refractivity contribution in [2.75, 3.05) is 0 Å². The lowest BCUT2D eigenvalue weighted by Crippen LogP contribution is -2.10. The Kier molecular flexibility index (Phi) is 4.49. The van der Waals surface area contributed by atoms with E-state index in [1.165, 1.54) is 11.1 Å². The maximum Gasteiger partial charge on any atom is 0.197 e. The Morgan fingerprint density at radius 2 is 1.42 bits per heavy atom. The van der Waals surface area contributed by atoms with E-state index < -0.39 is 0 Å². The van der Waals surface area contributed by atoms with Crippen molar-refractivity contribution in [3.05, 3.63) is 57.7 Å². The first kappa shape index (κ1) is 16.8. The lowest BCUT2D eigenvalue weighted by atomic mass is 9.95. The molecule has 0 saturated heterocycles. The van der Waals surface area contributed by atoms with Crippen LogP contribution in [0.4, 0.5) is 0 Å². The topological polar surface area (TPSA) is 22.0 Å². The summed E-state index contributed by atoms with van der Waals surface area (Å²) in [4.78, 5) is 13.0. The third kappa shape index (κ3) is 2.64. The third-order valence-corrected chi connectivity index (χ3v) is 5.62. The molecular weight excluding hydrogens is 294 g/mol. The average Bonchev–Trinajstić information content (AvgIpc) is 2.63. The van der Waals surface area contributed by atoms with Crippen LogP contribution in [0.1, 0.15) is 63.5 Å². The summed E-state index contributed by atoms with van der Waals surface area (Å²) in [6.45, 7) is 8.83. The van der Waals surface area contributed by atoms with Crippen molar-refractivity contribution < 1.29 is 0 Å². The van der Waals surface area contributed by atoms with E-state index in [-0.39, 0.29) is 5.43 Å². The molecular formula is C22H27NO. The van der Waals surface area contributed by atoms with E-state index in [0.29, 0.717) is 11.8 Å². The number of rotatable bonds is 4. The Morgan fingerprint density at radius 1 is 0.833 bits per heavy atom. The van der Waals surface area contributed by atoms with Gasteiger partial charge in [-0.25, -0.2) is 0 Å². The number of aromatic nitrogens is 1. The maximum absolute atomic E-state index is 13.0. The van der Waals surface area contributed by atoms with Gasteiger partial charge in [-0.15, -0.1) is 0 Å². The fourth-order valence-electron chi connectivity index (χ4n) is 3.41. The van der Waals surface area contributed by atoms with E-state index >= 15 is 0 Å². The number of pyridine rings is 1. The molecule has 0 aliphatic heterocycles.